The first-order chi connectivity index (χ1) is 15.2. The van der Waals surface area contributed by atoms with E-state index in [1.54, 1.807) is 32.1 Å². The molecule has 0 bridgehead atoms. The molecule has 2 rings (SSSR count). The molecule has 0 saturated carbocycles. The normalized spacial score (nSPS) is 26.0. The first-order valence-corrected chi connectivity index (χ1v) is 12.4. The fourth-order valence-corrected chi connectivity index (χ4v) is 5.10. The molecule has 9 nitrogen and oxygen atoms in total. The third-order valence-electron chi connectivity index (χ3n) is 5.50. The summed E-state index contributed by atoms with van der Waals surface area (Å²) in [5, 5.41) is 3.59. The van der Waals surface area contributed by atoms with Gasteiger partial charge >= 0.3 is 13.6 Å². The number of azide groups is 1. The number of hydrogen-bond donors (Lipinski definition) is 0. The highest BCUT2D eigenvalue weighted by Gasteiger charge is 2.42. The van der Waals surface area contributed by atoms with Gasteiger partial charge in [0, 0.05) is 29.3 Å². The van der Waals surface area contributed by atoms with Gasteiger partial charge in [0.2, 0.25) is 0 Å². The summed E-state index contributed by atoms with van der Waals surface area (Å²) in [5.74, 6) is 1.08. The molecule has 1 aromatic carbocycles. The van der Waals surface area contributed by atoms with Gasteiger partial charge in [-0.2, -0.15) is 0 Å². The number of nitrogens with zero attached hydrogens (tertiary/aromatic N) is 3. The van der Waals surface area contributed by atoms with Gasteiger partial charge in [-0.3, -0.25) is 9.36 Å². The van der Waals surface area contributed by atoms with Crippen LogP contribution in [0.4, 0.5) is 5.69 Å². The summed E-state index contributed by atoms with van der Waals surface area (Å²) in [4.78, 5) is 14.5. The third-order valence-corrected chi connectivity index (χ3v) is 7.28. The second-order valence-electron chi connectivity index (χ2n) is 7.71. The molecular weight excluding hydrogens is 433 g/mol. The molecule has 0 N–H and O–H groups in total. The van der Waals surface area contributed by atoms with E-state index >= 15 is 0 Å². The van der Waals surface area contributed by atoms with Crippen LogP contribution in [0.3, 0.4) is 0 Å². The lowest BCUT2D eigenvalue weighted by Gasteiger charge is -2.43. The van der Waals surface area contributed by atoms with Gasteiger partial charge in [-0.25, -0.2) is 0 Å². The van der Waals surface area contributed by atoms with Crippen LogP contribution in [-0.4, -0.2) is 37.5 Å². The van der Waals surface area contributed by atoms with Gasteiger partial charge in [-0.05, 0) is 43.4 Å². The Labute approximate surface area is 189 Å². The van der Waals surface area contributed by atoms with Crippen LogP contribution < -0.4 is 0 Å². The van der Waals surface area contributed by atoms with Crippen molar-refractivity contribution in [1.29, 1.82) is 0 Å². The van der Waals surface area contributed by atoms with E-state index in [4.69, 9.17) is 24.1 Å². The summed E-state index contributed by atoms with van der Waals surface area (Å²) in [6.45, 7) is 9.40. The lowest BCUT2D eigenvalue weighted by atomic mass is 9.79. The molecule has 176 valence electrons. The van der Waals surface area contributed by atoms with Gasteiger partial charge in [-0.15, -0.1) is 0 Å². The van der Waals surface area contributed by atoms with Crippen molar-refractivity contribution in [3.05, 3.63) is 52.2 Å². The maximum atomic E-state index is 12.9. The molecule has 32 heavy (non-hydrogen) atoms. The maximum absolute atomic E-state index is 12.9. The van der Waals surface area contributed by atoms with Crippen LogP contribution in [0, 0.1) is 11.8 Å². The summed E-state index contributed by atoms with van der Waals surface area (Å²) >= 11 is 0. The van der Waals surface area contributed by atoms with Crippen LogP contribution in [0.25, 0.3) is 10.4 Å². The van der Waals surface area contributed by atoms with Crippen LogP contribution >= 0.6 is 7.60 Å². The molecule has 10 heteroatoms. The molecule has 5 atom stereocenters. The minimum Gasteiger partial charge on any atom is -0.459 e. The predicted molar refractivity (Wildman–Crippen MR) is 121 cm³/mol. The van der Waals surface area contributed by atoms with Gasteiger partial charge in [-0.1, -0.05) is 43.2 Å². The molecule has 1 aliphatic heterocycles. The Balaban J connectivity index is 2.27. The zero-order valence-electron chi connectivity index (χ0n) is 19.2. The van der Waals surface area contributed by atoms with Crippen molar-refractivity contribution in [1.82, 2.24) is 0 Å². The molecule has 1 heterocycles. The number of carbonyl (C=O) groups excluding carboxylic acids is 1. The molecular formula is C22H32N3O6P. The SMILES string of the molecule is CCOP(=O)(/C=C/[C@H]1O[C@H](Cc2ccc(N=[N+]=[N-])cc2)[C@@H](C)[C@@H](C)[C@@H]1OC(C)=O)OCC. The van der Waals surface area contributed by atoms with E-state index in [1.807, 2.05) is 19.1 Å². The smallest absolute Gasteiger partial charge is 0.353 e. The first-order valence-electron chi connectivity index (χ1n) is 10.8. The van der Waals surface area contributed by atoms with Crippen LogP contribution in [0.1, 0.15) is 40.2 Å². The summed E-state index contributed by atoms with van der Waals surface area (Å²) < 4.78 is 35.4. The fourth-order valence-electron chi connectivity index (χ4n) is 3.75. The fraction of sp³-hybridized carbons (Fsp3) is 0.591. The van der Waals surface area contributed by atoms with Crippen molar-refractivity contribution >= 4 is 19.3 Å². The summed E-state index contributed by atoms with van der Waals surface area (Å²) in [5.41, 5.74) is 10.1. The van der Waals surface area contributed by atoms with Gasteiger partial charge in [0.05, 0.1) is 19.3 Å². The van der Waals surface area contributed by atoms with E-state index in [0.29, 0.717) is 12.1 Å². The van der Waals surface area contributed by atoms with Gasteiger partial charge < -0.3 is 18.5 Å². The highest BCUT2D eigenvalue weighted by Crippen LogP contribution is 2.50. The van der Waals surface area contributed by atoms with Crippen molar-refractivity contribution in [2.75, 3.05) is 13.2 Å². The van der Waals surface area contributed by atoms with Crippen molar-refractivity contribution in [3.63, 3.8) is 0 Å². The Morgan fingerprint density at radius 1 is 1.19 bits per heavy atom. The first kappa shape index (κ1) is 26.1. The van der Waals surface area contributed by atoms with Crippen molar-refractivity contribution in [2.45, 2.75) is 59.4 Å². The molecule has 1 aromatic rings. The number of carbonyl (C=O) groups is 1. The second-order valence-corrected chi connectivity index (χ2v) is 9.60. The van der Waals surface area contributed by atoms with Crippen molar-refractivity contribution in [3.8, 4) is 0 Å². The molecule has 1 fully saturated rings. The minimum atomic E-state index is -3.42. The Hall–Kier alpha value is -2.15. The number of benzene rings is 1. The molecule has 0 amide bonds. The van der Waals surface area contributed by atoms with E-state index in [0.717, 1.165) is 5.56 Å². The number of rotatable bonds is 10. The van der Waals surface area contributed by atoms with Crippen LogP contribution in [0.5, 0.6) is 0 Å². The van der Waals surface area contributed by atoms with Gasteiger partial charge in [0.15, 0.2) is 0 Å². The monoisotopic (exact) mass is 465 g/mol. The molecule has 0 spiro atoms. The predicted octanol–water partition coefficient (Wildman–Crippen LogP) is 5.92. The second kappa shape index (κ2) is 12.2. The summed E-state index contributed by atoms with van der Waals surface area (Å²) in [7, 11) is -3.42. The van der Waals surface area contributed by atoms with Crippen molar-refractivity contribution < 1.29 is 27.9 Å². The Bertz CT molecular complexity index is 874. The zero-order chi connectivity index (χ0) is 23.7. The summed E-state index contributed by atoms with van der Waals surface area (Å²) in [6.07, 6.45) is 0.939. The van der Waals surface area contributed by atoms with E-state index in [9.17, 15) is 9.36 Å². The number of esters is 1. The molecule has 0 radical (unpaired) electrons. The average molecular weight is 465 g/mol. The van der Waals surface area contributed by atoms with Crippen molar-refractivity contribution in [2.24, 2.45) is 17.0 Å². The zero-order valence-corrected chi connectivity index (χ0v) is 20.1. The Kier molecular flexibility index (Phi) is 9.94. The standard InChI is InChI=1S/C22H32N3O6P/c1-6-28-32(27,29-7-2)13-12-20-22(30-17(5)26)16(4)15(3)21(31-20)14-18-8-10-19(11-9-18)24-25-23/h8-13,15-16,20-22H,6-7,14H2,1-5H3/b13-12+/t15-,16+,20+,21+,22-/m0/s1. The van der Waals surface area contributed by atoms with E-state index < -0.39 is 25.8 Å². The molecule has 0 aromatic heterocycles. The molecule has 1 saturated heterocycles. The highest BCUT2D eigenvalue weighted by molar-refractivity contribution is 7.57. The van der Waals surface area contributed by atoms with E-state index in [1.165, 1.54) is 12.7 Å². The lowest BCUT2D eigenvalue weighted by molar-refractivity contribution is -0.183. The maximum Gasteiger partial charge on any atom is 0.353 e. The van der Waals surface area contributed by atoms with Crippen LogP contribution in [-0.2, 0) is 34.3 Å². The van der Waals surface area contributed by atoms with Crippen LogP contribution in [0.15, 0.2) is 41.3 Å². The van der Waals surface area contributed by atoms with E-state index in [2.05, 4.69) is 16.9 Å². The Morgan fingerprint density at radius 3 is 2.34 bits per heavy atom. The average Bonchev–Trinajstić information content (AvgIpc) is 2.74. The molecule has 0 aliphatic carbocycles. The Morgan fingerprint density at radius 2 is 1.81 bits per heavy atom. The minimum absolute atomic E-state index is 0.00617. The molecule has 0 unspecified atom stereocenters. The van der Waals surface area contributed by atoms with E-state index in [-0.39, 0.29) is 31.2 Å². The highest BCUT2D eigenvalue weighted by atomic mass is 31.2. The van der Waals surface area contributed by atoms with Gasteiger partial charge in [0.25, 0.3) is 0 Å². The van der Waals surface area contributed by atoms with Gasteiger partial charge in [0.1, 0.15) is 12.2 Å². The number of ether oxygens (including phenoxy) is 2. The largest absolute Gasteiger partial charge is 0.459 e. The summed E-state index contributed by atoms with van der Waals surface area (Å²) in [6, 6.07) is 7.30. The number of hydrogen-bond acceptors (Lipinski definition) is 7. The third kappa shape index (κ3) is 7.19. The topological polar surface area (TPSA) is 120 Å². The lowest BCUT2D eigenvalue weighted by Crippen LogP contribution is -2.50. The quantitative estimate of drug-likeness (QED) is 0.139. The molecule has 1 aliphatic rings. The van der Waals surface area contributed by atoms with Crippen LogP contribution in [0.2, 0.25) is 0 Å².